The number of benzene rings is 1. The predicted octanol–water partition coefficient (Wildman–Crippen LogP) is 2.59. The third-order valence-electron chi connectivity index (χ3n) is 3.69. The average Bonchev–Trinajstić information content (AvgIpc) is 2.54. The predicted molar refractivity (Wildman–Crippen MR) is 97.3 cm³/mol. The van der Waals surface area contributed by atoms with Crippen molar-refractivity contribution in [3.63, 3.8) is 0 Å². The SMILES string of the molecule is CCOc1cc([C@H]2NC(=O)NC(C)=C2C(=O)OC(C)C)ccc1OC(C)=O. The molecule has 0 saturated heterocycles. The quantitative estimate of drug-likeness (QED) is 0.584. The smallest absolute Gasteiger partial charge is 0.338 e. The van der Waals surface area contributed by atoms with Crippen LogP contribution in [0.3, 0.4) is 0 Å². The minimum absolute atomic E-state index is 0.264. The molecule has 1 aliphatic heterocycles. The molecule has 0 spiro atoms. The molecule has 0 unspecified atom stereocenters. The highest BCUT2D eigenvalue weighted by Gasteiger charge is 2.33. The van der Waals surface area contributed by atoms with E-state index < -0.39 is 24.0 Å². The third kappa shape index (κ3) is 4.99. The van der Waals surface area contributed by atoms with E-state index in [1.54, 1.807) is 45.9 Å². The maximum absolute atomic E-state index is 12.6. The van der Waals surface area contributed by atoms with Gasteiger partial charge in [-0.15, -0.1) is 0 Å². The molecule has 8 nitrogen and oxygen atoms in total. The summed E-state index contributed by atoms with van der Waals surface area (Å²) in [6, 6.07) is 3.70. The average molecular weight is 376 g/mol. The van der Waals surface area contributed by atoms with Crippen LogP contribution in [0.25, 0.3) is 0 Å². The van der Waals surface area contributed by atoms with Crippen molar-refractivity contribution in [3.8, 4) is 11.5 Å². The van der Waals surface area contributed by atoms with E-state index in [2.05, 4.69) is 10.6 Å². The van der Waals surface area contributed by atoms with Crippen LogP contribution in [0.2, 0.25) is 0 Å². The highest BCUT2D eigenvalue weighted by Crippen LogP contribution is 2.35. The minimum atomic E-state index is -0.726. The first-order valence-electron chi connectivity index (χ1n) is 8.67. The van der Waals surface area contributed by atoms with E-state index >= 15 is 0 Å². The van der Waals surface area contributed by atoms with Gasteiger partial charge in [-0.25, -0.2) is 9.59 Å². The molecule has 0 saturated carbocycles. The maximum Gasteiger partial charge on any atom is 0.338 e. The van der Waals surface area contributed by atoms with Crippen molar-refractivity contribution in [2.24, 2.45) is 0 Å². The molecular formula is C19H24N2O6. The van der Waals surface area contributed by atoms with Gasteiger partial charge in [0, 0.05) is 12.6 Å². The Morgan fingerprint density at radius 1 is 1.22 bits per heavy atom. The van der Waals surface area contributed by atoms with Crippen molar-refractivity contribution in [3.05, 3.63) is 35.0 Å². The van der Waals surface area contributed by atoms with Crippen LogP contribution in [-0.2, 0) is 14.3 Å². The summed E-state index contributed by atoms with van der Waals surface area (Å²) < 4.78 is 16.0. The number of hydrogen-bond donors (Lipinski definition) is 2. The van der Waals surface area contributed by atoms with Crippen LogP contribution in [-0.4, -0.2) is 30.7 Å². The number of nitrogens with one attached hydrogen (secondary N) is 2. The topological polar surface area (TPSA) is 103 Å². The molecule has 2 amide bonds. The third-order valence-corrected chi connectivity index (χ3v) is 3.69. The summed E-state index contributed by atoms with van der Waals surface area (Å²) in [7, 11) is 0. The number of hydrogen-bond acceptors (Lipinski definition) is 6. The van der Waals surface area contributed by atoms with Crippen LogP contribution in [0.15, 0.2) is 29.5 Å². The molecule has 8 heteroatoms. The number of rotatable bonds is 6. The summed E-state index contributed by atoms with van der Waals surface area (Å²) in [6.07, 6.45) is -0.304. The van der Waals surface area contributed by atoms with Gasteiger partial charge in [0.15, 0.2) is 11.5 Å². The van der Waals surface area contributed by atoms with E-state index in [4.69, 9.17) is 14.2 Å². The summed E-state index contributed by atoms with van der Waals surface area (Å²) in [5.41, 5.74) is 1.31. The molecule has 1 aliphatic rings. The first-order chi connectivity index (χ1) is 12.7. The Kier molecular flexibility index (Phi) is 6.44. The Balaban J connectivity index is 2.47. The molecule has 0 radical (unpaired) electrons. The van der Waals surface area contributed by atoms with Crippen LogP contribution in [0.5, 0.6) is 11.5 Å². The number of ether oxygens (including phenoxy) is 3. The van der Waals surface area contributed by atoms with Crippen LogP contribution >= 0.6 is 0 Å². The molecule has 1 atom stereocenters. The largest absolute Gasteiger partial charge is 0.490 e. The molecular weight excluding hydrogens is 352 g/mol. The summed E-state index contributed by atoms with van der Waals surface area (Å²) in [5, 5.41) is 5.31. The number of esters is 2. The van der Waals surface area contributed by atoms with Gasteiger partial charge in [0.1, 0.15) is 0 Å². The fourth-order valence-corrected chi connectivity index (χ4v) is 2.70. The first-order valence-corrected chi connectivity index (χ1v) is 8.67. The van der Waals surface area contributed by atoms with Crippen molar-refractivity contribution in [1.29, 1.82) is 0 Å². The standard InChI is InChI=1S/C19H24N2O6/c1-6-25-15-9-13(7-8-14(15)27-12(5)22)17-16(18(23)26-10(2)3)11(4)20-19(24)21-17/h7-10,17H,6H2,1-5H3,(H2,20,21,24)/t17-/m1/s1. The lowest BCUT2D eigenvalue weighted by Gasteiger charge is -2.29. The molecule has 1 aromatic rings. The molecule has 1 heterocycles. The fraction of sp³-hybridized carbons (Fsp3) is 0.421. The molecule has 146 valence electrons. The number of urea groups is 1. The number of carbonyl (C=O) groups excluding carboxylic acids is 3. The zero-order valence-corrected chi connectivity index (χ0v) is 16.0. The minimum Gasteiger partial charge on any atom is -0.490 e. The van der Waals surface area contributed by atoms with E-state index in [9.17, 15) is 14.4 Å². The highest BCUT2D eigenvalue weighted by molar-refractivity contribution is 5.95. The van der Waals surface area contributed by atoms with Gasteiger partial charge in [-0.3, -0.25) is 4.79 Å². The molecule has 2 N–H and O–H groups in total. The molecule has 2 rings (SSSR count). The number of carbonyl (C=O) groups is 3. The molecule has 27 heavy (non-hydrogen) atoms. The van der Waals surface area contributed by atoms with Crippen molar-refractivity contribution < 1.29 is 28.6 Å². The van der Waals surface area contributed by atoms with E-state index in [1.807, 2.05) is 0 Å². The van der Waals surface area contributed by atoms with E-state index in [0.717, 1.165) is 0 Å². The lowest BCUT2D eigenvalue weighted by molar-refractivity contribution is -0.143. The van der Waals surface area contributed by atoms with Gasteiger partial charge in [0.25, 0.3) is 0 Å². The van der Waals surface area contributed by atoms with Gasteiger partial charge in [-0.1, -0.05) is 6.07 Å². The van der Waals surface area contributed by atoms with E-state index in [-0.39, 0.29) is 11.9 Å². The van der Waals surface area contributed by atoms with Gasteiger partial charge in [0.05, 0.1) is 24.3 Å². The maximum atomic E-state index is 12.6. The van der Waals surface area contributed by atoms with Crippen molar-refractivity contribution in [1.82, 2.24) is 10.6 Å². The van der Waals surface area contributed by atoms with Crippen molar-refractivity contribution >= 4 is 18.0 Å². The second-order valence-electron chi connectivity index (χ2n) is 6.26. The molecule has 0 bridgehead atoms. The Hall–Kier alpha value is -3.03. The van der Waals surface area contributed by atoms with Gasteiger partial charge >= 0.3 is 18.0 Å². The summed E-state index contributed by atoms with van der Waals surface area (Å²) in [5.74, 6) is -0.398. The lowest BCUT2D eigenvalue weighted by atomic mass is 9.95. The van der Waals surface area contributed by atoms with Crippen LogP contribution < -0.4 is 20.1 Å². The van der Waals surface area contributed by atoms with Gasteiger partial charge in [-0.2, -0.15) is 0 Å². The van der Waals surface area contributed by atoms with Crippen LogP contribution in [0.1, 0.15) is 46.2 Å². The second kappa shape index (κ2) is 8.57. The second-order valence-corrected chi connectivity index (χ2v) is 6.26. The summed E-state index contributed by atoms with van der Waals surface area (Å²) >= 11 is 0. The Morgan fingerprint density at radius 3 is 2.52 bits per heavy atom. The van der Waals surface area contributed by atoms with Crippen LogP contribution in [0, 0.1) is 0 Å². The van der Waals surface area contributed by atoms with Gasteiger partial charge in [0.2, 0.25) is 0 Å². The molecule has 1 aromatic carbocycles. The Bertz CT molecular complexity index is 784. The van der Waals surface area contributed by atoms with Crippen LogP contribution in [0.4, 0.5) is 4.79 Å². The van der Waals surface area contributed by atoms with Gasteiger partial charge < -0.3 is 24.8 Å². The summed E-state index contributed by atoms with van der Waals surface area (Å²) in [4.78, 5) is 35.8. The van der Waals surface area contributed by atoms with Gasteiger partial charge in [-0.05, 0) is 45.4 Å². The zero-order chi connectivity index (χ0) is 20.1. The highest BCUT2D eigenvalue weighted by atomic mass is 16.6. The Labute approximate surface area is 157 Å². The monoisotopic (exact) mass is 376 g/mol. The molecule has 0 aromatic heterocycles. The summed E-state index contributed by atoms with van der Waals surface area (Å²) in [6.45, 7) is 8.58. The molecule has 0 aliphatic carbocycles. The number of allylic oxidation sites excluding steroid dienone is 1. The normalized spacial score (nSPS) is 16.5. The lowest BCUT2D eigenvalue weighted by Crippen LogP contribution is -2.45. The first kappa shape index (κ1) is 20.3. The van der Waals surface area contributed by atoms with Crippen molar-refractivity contribution in [2.45, 2.75) is 46.8 Å². The molecule has 0 fully saturated rings. The zero-order valence-electron chi connectivity index (χ0n) is 16.0. The number of amides is 2. The van der Waals surface area contributed by atoms with Crippen molar-refractivity contribution in [2.75, 3.05) is 6.61 Å². The Morgan fingerprint density at radius 2 is 1.93 bits per heavy atom. The van der Waals surface area contributed by atoms with E-state index in [1.165, 1.54) is 6.92 Å². The van der Waals surface area contributed by atoms with E-state index in [0.29, 0.717) is 29.2 Å². The fourth-order valence-electron chi connectivity index (χ4n) is 2.70.